The van der Waals surface area contributed by atoms with Gasteiger partial charge < -0.3 is 11.5 Å². The Kier molecular flexibility index (Phi) is 3.08. The van der Waals surface area contributed by atoms with Gasteiger partial charge in [-0.15, -0.1) is 0 Å². The number of piperazine rings is 1. The molecule has 0 aromatic heterocycles. The van der Waals surface area contributed by atoms with Gasteiger partial charge in [0.05, 0.1) is 0 Å². The van der Waals surface area contributed by atoms with E-state index in [0.29, 0.717) is 12.5 Å². The smallest absolute Gasteiger partial charge is 0.239 e. The molecule has 1 heterocycles. The van der Waals surface area contributed by atoms with Gasteiger partial charge in [-0.05, 0) is 31.6 Å². The van der Waals surface area contributed by atoms with Gasteiger partial charge in [-0.25, -0.2) is 0 Å². The summed E-state index contributed by atoms with van der Waals surface area (Å²) < 4.78 is 0. The zero-order valence-electron chi connectivity index (χ0n) is 11.0. The normalized spacial score (nSPS) is 30.1. The topological polar surface area (TPSA) is 75.6 Å². The van der Waals surface area contributed by atoms with Crippen LogP contribution in [0.1, 0.15) is 25.7 Å². The molecule has 2 aliphatic carbocycles. The summed E-state index contributed by atoms with van der Waals surface area (Å²) in [4.78, 5) is 16.5. The standard InChI is InChI=1S/C13H24N4O/c14-12(18)13(15,10-1-2-10)9-16-5-7-17(8-6-16)11-3-4-11/h10-11H,1-9,15H2,(H2,14,18). The highest BCUT2D eigenvalue weighted by molar-refractivity contribution is 5.85. The number of amides is 1. The van der Waals surface area contributed by atoms with Crippen molar-refractivity contribution >= 4 is 5.91 Å². The quantitative estimate of drug-likeness (QED) is 0.682. The van der Waals surface area contributed by atoms with Gasteiger partial charge in [0.2, 0.25) is 5.91 Å². The predicted octanol–water partition coefficient (Wildman–Crippen LogP) is -0.641. The fourth-order valence-electron chi connectivity index (χ4n) is 3.10. The van der Waals surface area contributed by atoms with Crippen molar-refractivity contribution in [2.45, 2.75) is 37.3 Å². The van der Waals surface area contributed by atoms with Gasteiger partial charge in [-0.2, -0.15) is 0 Å². The van der Waals surface area contributed by atoms with Gasteiger partial charge in [0.25, 0.3) is 0 Å². The number of rotatable bonds is 5. The number of primary amides is 1. The van der Waals surface area contributed by atoms with Gasteiger partial charge in [0.1, 0.15) is 5.54 Å². The molecule has 1 atom stereocenters. The summed E-state index contributed by atoms with van der Waals surface area (Å²) in [7, 11) is 0. The lowest BCUT2D eigenvalue weighted by molar-refractivity contribution is -0.124. The van der Waals surface area contributed by atoms with Crippen molar-refractivity contribution in [3.63, 3.8) is 0 Å². The minimum atomic E-state index is -0.790. The van der Waals surface area contributed by atoms with Crippen LogP contribution in [-0.2, 0) is 4.79 Å². The van der Waals surface area contributed by atoms with Crippen LogP contribution in [0.5, 0.6) is 0 Å². The van der Waals surface area contributed by atoms with E-state index in [9.17, 15) is 4.79 Å². The molecule has 5 nitrogen and oxygen atoms in total. The lowest BCUT2D eigenvalue weighted by atomic mass is 9.92. The summed E-state index contributed by atoms with van der Waals surface area (Å²) in [6.07, 6.45) is 4.84. The summed E-state index contributed by atoms with van der Waals surface area (Å²) in [5.74, 6) is -0.00826. The van der Waals surface area contributed by atoms with Crippen LogP contribution in [0, 0.1) is 5.92 Å². The van der Waals surface area contributed by atoms with Crippen LogP contribution in [0.3, 0.4) is 0 Å². The highest BCUT2D eigenvalue weighted by Crippen LogP contribution is 2.38. The first kappa shape index (κ1) is 12.4. The van der Waals surface area contributed by atoms with Crippen molar-refractivity contribution in [1.82, 2.24) is 9.80 Å². The van der Waals surface area contributed by atoms with E-state index in [1.54, 1.807) is 0 Å². The van der Waals surface area contributed by atoms with Crippen LogP contribution in [0.4, 0.5) is 0 Å². The fourth-order valence-corrected chi connectivity index (χ4v) is 3.10. The summed E-state index contributed by atoms with van der Waals surface area (Å²) in [5.41, 5.74) is 11.0. The molecule has 1 unspecified atom stereocenters. The van der Waals surface area contributed by atoms with Crippen molar-refractivity contribution < 1.29 is 4.79 Å². The van der Waals surface area contributed by atoms with Crippen LogP contribution >= 0.6 is 0 Å². The van der Waals surface area contributed by atoms with Crippen LogP contribution in [0.25, 0.3) is 0 Å². The van der Waals surface area contributed by atoms with Crippen LogP contribution in [-0.4, -0.2) is 60.0 Å². The van der Waals surface area contributed by atoms with Crippen LogP contribution < -0.4 is 11.5 Å². The maximum absolute atomic E-state index is 11.6. The van der Waals surface area contributed by atoms with Gasteiger partial charge in [-0.1, -0.05) is 0 Å². The molecule has 1 amide bonds. The summed E-state index contributed by atoms with van der Waals surface area (Å²) in [6, 6.07) is 0.842. The Morgan fingerprint density at radius 1 is 1.11 bits per heavy atom. The van der Waals surface area contributed by atoms with E-state index in [1.807, 2.05) is 0 Å². The number of nitrogens with two attached hydrogens (primary N) is 2. The maximum atomic E-state index is 11.6. The van der Waals surface area contributed by atoms with Crippen molar-refractivity contribution in [3.8, 4) is 0 Å². The SMILES string of the molecule is NC(=O)C(N)(CN1CCN(C2CC2)CC1)C1CC1. The molecular formula is C13H24N4O. The second-order valence-electron chi connectivity index (χ2n) is 6.22. The first-order valence-electron chi connectivity index (χ1n) is 7.15. The van der Waals surface area contributed by atoms with E-state index in [2.05, 4.69) is 9.80 Å². The first-order chi connectivity index (χ1) is 8.59. The molecule has 0 spiro atoms. The summed E-state index contributed by atoms with van der Waals surface area (Å²) >= 11 is 0. The van der Waals surface area contributed by atoms with Crippen LogP contribution in [0.2, 0.25) is 0 Å². The minimum absolute atomic E-state index is 0.316. The third-order valence-corrected chi connectivity index (χ3v) is 4.72. The molecule has 0 radical (unpaired) electrons. The molecular weight excluding hydrogens is 228 g/mol. The molecule has 102 valence electrons. The number of nitrogens with zero attached hydrogens (tertiary/aromatic N) is 2. The Morgan fingerprint density at radius 2 is 1.72 bits per heavy atom. The molecule has 1 aliphatic heterocycles. The third kappa shape index (κ3) is 2.39. The van der Waals surface area contributed by atoms with Crippen LogP contribution in [0.15, 0.2) is 0 Å². The average Bonchev–Trinajstić information content (AvgIpc) is 3.19. The Labute approximate surface area is 108 Å². The van der Waals surface area contributed by atoms with E-state index in [0.717, 1.165) is 45.1 Å². The largest absolute Gasteiger partial charge is 0.368 e. The number of carbonyl (C=O) groups excluding carboxylic acids is 1. The Morgan fingerprint density at radius 3 is 2.17 bits per heavy atom. The second-order valence-corrected chi connectivity index (χ2v) is 6.22. The van der Waals surface area contributed by atoms with E-state index in [4.69, 9.17) is 11.5 Å². The van der Waals surface area contributed by atoms with Crippen molar-refractivity contribution in [1.29, 1.82) is 0 Å². The molecule has 1 saturated heterocycles. The zero-order valence-corrected chi connectivity index (χ0v) is 11.0. The molecule has 5 heteroatoms. The Hall–Kier alpha value is -0.650. The molecule has 4 N–H and O–H groups in total. The van der Waals surface area contributed by atoms with E-state index in [1.165, 1.54) is 12.8 Å². The Balaban J connectivity index is 1.54. The molecule has 3 fully saturated rings. The van der Waals surface area contributed by atoms with Crippen molar-refractivity contribution in [2.24, 2.45) is 17.4 Å². The molecule has 0 bridgehead atoms. The monoisotopic (exact) mass is 252 g/mol. The third-order valence-electron chi connectivity index (χ3n) is 4.72. The second kappa shape index (κ2) is 4.47. The van der Waals surface area contributed by atoms with Crippen molar-refractivity contribution in [2.75, 3.05) is 32.7 Å². The summed E-state index contributed by atoms with van der Waals surface area (Å²) in [5, 5.41) is 0. The van der Waals surface area contributed by atoms with E-state index < -0.39 is 5.54 Å². The lowest BCUT2D eigenvalue weighted by Crippen LogP contribution is -2.62. The molecule has 3 rings (SSSR count). The number of hydrogen-bond donors (Lipinski definition) is 2. The predicted molar refractivity (Wildman–Crippen MR) is 69.9 cm³/mol. The van der Waals surface area contributed by atoms with Gasteiger partial charge in [0, 0.05) is 38.8 Å². The first-order valence-corrected chi connectivity index (χ1v) is 7.15. The highest BCUT2D eigenvalue weighted by atomic mass is 16.1. The zero-order chi connectivity index (χ0) is 12.8. The molecule has 0 aromatic carbocycles. The Bertz CT molecular complexity index is 332. The number of hydrogen-bond acceptors (Lipinski definition) is 4. The highest BCUT2D eigenvalue weighted by Gasteiger charge is 2.48. The fraction of sp³-hybridized carbons (Fsp3) is 0.923. The van der Waals surface area contributed by atoms with Gasteiger partial charge >= 0.3 is 0 Å². The average molecular weight is 252 g/mol. The molecule has 0 aromatic rings. The lowest BCUT2D eigenvalue weighted by Gasteiger charge is -2.39. The molecule has 18 heavy (non-hydrogen) atoms. The van der Waals surface area contributed by atoms with Gasteiger partial charge in [0.15, 0.2) is 0 Å². The van der Waals surface area contributed by atoms with Crippen molar-refractivity contribution in [3.05, 3.63) is 0 Å². The van der Waals surface area contributed by atoms with Gasteiger partial charge in [-0.3, -0.25) is 14.6 Å². The molecule has 3 aliphatic rings. The summed E-state index contributed by atoms with van der Waals surface area (Å²) in [6.45, 7) is 4.92. The minimum Gasteiger partial charge on any atom is -0.368 e. The number of carbonyl (C=O) groups is 1. The maximum Gasteiger partial charge on any atom is 0.239 e. The molecule has 2 saturated carbocycles. The van der Waals surface area contributed by atoms with E-state index >= 15 is 0 Å². The van der Waals surface area contributed by atoms with E-state index in [-0.39, 0.29) is 5.91 Å².